The molecule has 2 heterocycles. The molecular weight excluding hydrogens is 298 g/mol. The Morgan fingerprint density at radius 3 is 2.86 bits per heavy atom. The van der Waals surface area contributed by atoms with Gasteiger partial charge >= 0.3 is 0 Å². The van der Waals surface area contributed by atoms with E-state index in [-0.39, 0.29) is 16.9 Å². The minimum absolute atomic E-state index is 0.00337. The standard InChI is InChI=1S/C16H21N3O2S/c1-12(17)14-7-4-10-19(11-14)22(20,21)15-8-2-5-13-6-3-9-18-16(13)15/h2-3,5-6,8-9,12,14H,4,7,10-11,17H2,1H3. The molecule has 0 bridgehead atoms. The summed E-state index contributed by atoms with van der Waals surface area (Å²) in [5.74, 6) is 0.214. The van der Waals surface area contributed by atoms with Gasteiger partial charge in [-0.1, -0.05) is 18.2 Å². The Kier molecular flexibility index (Phi) is 4.16. The van der Waals surface area contributed by atoms with Gasteiger partial charge in [0.2, 0.25) is 10.0 Å². The van der Waals surface area contributed by atoms with Crippen LogP contribution < -0.4 is 5.73 Å². The summed E-state index contributed by atoms with van der Waals surface area (Å²) in [7, 11) is -3.54. The fourth-order valence-corrected chi connectivity index (χ4v) is 4.75. The fourth-order valence-electron chi connectivity index (χ4n) is 3.04. The van der Waals surface area contributed by atoms with E-state index >= 15 is 0 Å². The van der Waals surface area contributed by atoms with E-state index in [4.69, 9.17) is 5.73 Å². The number of piperidine rings is 1. The van der Waals surface area contributed by atoms with Gasteiger partial charge in [0.05, 0.1) is 5.52 Å². The Balaban J connectivity index is 2.01. The molecule has 118 valence electrons. The Hall–Kier alpha value is -1.50. The van der Waals surface area contributed by atoms with Crippen LogP contribution in [0.4, 0.5) is 0 Å². The lowest BCUT2D eigenvalue weighted by atomic mass is 9.93. The van der Waals surface area contributed by atoms with E-state index in [0.29, 0.717) is 18.6 Å². The summed E-state index contributed by atoms with van der Waals surface area (Å²) >= 11 is 0. The molecule has 3 rings (SSSR count). The lowest BCUT2D eigenvalue weighted by Crippen LogP contribution is -2.45. The number of benzene rings is 1. The van der Waals surface area contributed by atoms with Gasteiger partial charge in [-0.05, 0) is 37.8 Å². The number of fused-ring (bicyclic) bond motifs is 1. The normalized spacial score (nSPS) is 21.8. The number of sulfonamides is 1. The number of para-hydroxylation sites is 1. The zero-order chi connectivity index (χ0) is 15.7. The molecule has 0 amide bonds. The number of hydrogen-bond acceptors (Lipinski definition) is 4. The third-order valence-corrected chi connectivity index (χ3v) is 6.27. The third-order valence-electron chi connectivity index (χ3n) is 4.38. The molecular formula is C16H21N3O2S. The van der Waals surface area contributed by atoms with Crippen LogP contribution in [-0.2, 0) is 10.0 Å². The van der Waals surface area contributed by atoms with Crippen molar-refractivity contribution < 1.29 is 8.42 Å². The van der Waals surface area contributed by atoms with Gasteiger partial charge in [0, 0.05) is 30.7 Å². The predicted molar refractivity (Wildman–Crippen MR) is 86.9 cm³/mol. The second kappa shape index (κ2) is 5.95. The molecule has 1 aliphatic rings. The van der Waals surface area contributed by atoms with Gasteiger partial charge in [-0.2, -0.15) is 4.31 Å². The fraction of sp³-hybridized carbons (Fsp3) is 0.438. The van der Waals surface area contributed by atoms with Gasteiger partial charge in [-0.15, -0.1) is 0 Å². The van der Waals surface area contributed by atoms with Crippen LogP contribution in [0.5, 0.6) is 0 Å². The number of nitrogens with two attached hydrogens (primary N) is 1. The summed E-state index contributed by atoms with van der Waals surface area (Å²) in [5, 5.41) is 0.837. The Bertz CT molecular complexity index is 769. The van der Waals surface area contributed by atoms with E-state index in [1.165, 1.54) is 0 Å². The molecule has 1 aliphatic heterocycles. The van der Waals surface area contributed by atoms with Gasteiger partial charge in [-0.3, -0.25) is 4.98 Å². The molecule has 5 nitrogen and oxygen atoms in total. The zero-order valence-corrected chi connectivity index (χ0v) is 13.5. The monoisotopic (exact) mass is 319 g/mol. The minimum atomic E-state index is -3.54. The van der Waals surface area contributed by atoms with Crippen LogP contribution >= 0.6 is 0 Å². The number of pyridine rings is 1. The highest BCUT2D eigenvalue weighted by Gasteiger charge is 2.32. The number of aromatic nitrogens is 1. The maximum absolute atomic E-state index is 13.0. The van der Waals surface area contributed by atoms with Crippen molar-refractivity contribution in [3.63, 3.8) is 0 Å². The molecule has 2 atom stereocenters. The lowest BCUT2D eigenvalue weighted by molar-refractivity contribution is 0.243. The van der Waals surface area contributed by atoms with Crippen molar-refractivity contribution in [3.05, 3.63) is 36.5 Å². The van der Waals surface area contributed by atoms with E-state index in [2.05, 4.69) is 4.98 Å². The van der Waals surface area contributed by atoms with Crippen molar-refractivity contribution in [1.29, 1.82) is 0 Å². The first kappa shape index (κ1) is 15.4. The maximum atomic E-state index is 13.0. The quantitative estimate of drug-likeness (QED) is 0.938. The van der Waals surface area contributed by atoms with E-state index < -0.39 is 10.0 Å². The Morgan fingerprint density at radius 1 is 1.32 bits per heavy atom. The average Bonchev–Trinajstić information content (AvgIpc) is 2.54. The van der Waals surface area contributed by atoms with Crippen molar-refractivity contribution in [3.8, 4) is 0 Å². The number of rotatable bonds is 3. The number of hydrogen-bond donors (Lipinski definition) is 1. The summed E-state index contributed by atoms with van der Waals surface area (Å²) in [4.78, 5) is 4.55. The van der Waals surface area contributed by atoms with Crippen molar-refractivity contribution >= 4 is 20.9 Å². The molecule has 1 fully saturated rings. The highest BCUT2D eigenvalue weighted by molar-refractivity contribution is 7.89. The van der Waals surface area contributed by atoms with Crippen molar-refractivity contribution in [2.24, 2.45) is 11.7 Å². The van der Waals surface area contributed by atoms with Crippen LogP contribution in [-0.4, -0.2) is 36.8 Å². The maximum Gasteiger partial charge on any atom is 0.245 e. The highest BCUT2D eigenvalue weighted by atomic mass is 32.2. The van der Waals surface area contributed by atoms with Crippen LogP contribution in [0.15, 0.2) is 41.4 Å². The molecule has 1 aromatic heterocycles. The van der Waals surface area contributed by atoms with Crippen LogP contribution in [0.1, 0.15) is 19.8 Å². The molecule has 22 heavy (non-hydrogen) atoms. The Morgan fingerprint density at radius 2 is 2.09 bits per heavy atom. The van der Waals surface area contributed by atoms with E-state index in [9.17, 15) is 8.42 Å². The molecule has 0 aliphatic carbocycles. The first-order valence-corrected chi connectivity index (χ1v) is 9.03. The van der Waals surface area contributed by atoms with E-state index in [1.807, 2.05) is 25.1 Å². The van der Waals surface area contributed by atoms with Gasteiger partial charge in [-0.25, -0.2) is 8.42 Å². The second-order valence-corrected chi connectivity index (χ2v) is 7.86. The summed E-state index contributed by atoms with van der Waals surface area (Å²) in [6.45, 7) is 2.98. The van der Waals surface area contributed by atoms with E-state index in [1.54, 1.807) is 22.6 Å². The zero-order valence-electron chi connectivity index (χ0n) is 12.6. The highest BCUT2D eigenvalue weighted by Crippen LogP contribution is 2.28. The molecule has 1 saturated heterocycles. The first-order chi connectivity index (χ1) is 10.5. The second-order valence-electron chi connectivity index (χ2n) is 5.96. The topological polar surface area (TPSA) is 76.3 Å². The molecule has 6 heteroatoms. The van der Waals surface area contributed by atoms with Gasteiger partial charge < -0.3 is 5.73 Å². The predicted octanol–water partition coefficient (Wildman–Crippen LogP) is 1.98. The van der Waals surface area contributed by atoms with E-state index in [0.717, 1.165) is 18.2 Å². The minimum Gasteiger partial charge on any atom is -0.328 e. The summed E-state index contributed by atoms with van der Waals surface area (Å²) < 4.78 is 27.6. The van der Waals surface area contributed by atoms with Crippen LogP contribution in [0.2, 0.25) is 0 Å². The molecule has 2 unspecified atom stereocenters. The molecule has 0 spiro atoms. The molecule has 2 aromatic rings. The number of nitrogens with zero attached hydrogens (tertiary/aromatic N) is 2. The lowest BCUT2D eigenvalue weighted by Gasteiger charge is -2.33. The molecule has 0 radical (unpaired) electrons. The van der Waals surface area contributed by atoms with Crippen LogP contribution in [0.25, 0.3) is 10.9 Å². The van der Waals surface area contributed by atoms with Gasteiger partial charge in [0.15, 0.2) is 0 Å². The molecule has 2 N–H and O–H groups in total. The van der Waals surface area contributed by atoms with Crippen LogP contribution in [0, 0.1) is 5.92 Å². The van der Waals surface area contributed by atoms with Crippen molar-refractivity contribution in [2.45, 2.75) is 30.7 Å². The van der Waals surface area contributed by atoms with Gasteiger partial charge in [0.1, 0.15) is 4.90 Å². The van der Waals surface area contributed by atoms with Gasteiger partial charge in [0.25, 0.3) is 0 Å². The summed E-state index contributed by atoms with van der Waals surface area (Å²) in [5.41, 5.74) is 6.50. The summed E-state index contributed by atoms with van der Waals surface area (Å²) in [6, 6.07) is 8.98. The van der Waals surface area contributed by atoms with Crippen molar-refractivity contribution in [1.82, 2.24) is 9.29 Å². The Labute approximate surface area is 131 Å². The van der Waals surface area contributed by atoms with Crippen molar-refractivity contribution in [2.75, 3.05) is 13.1 Å². The SMILES string of the molecule is CC(N)C1CCCN(S(=O)(=O)c2cccc3cccnc23)C1. The summed E-state index contributed by atoms with van der Waals surface area (Å²) in [6.07, 6.45) is 3.46. The molecule has 1 aromatic carbocycles. The first-order valence-electron chi connectivity index (χ1n) is 7.59. The largest absolute Gasteiger partial charge is 0.328 e. The molecule has 0 saturated carbocycles. The third kappa shape index (κ3) is 2.74. The van der Waals surface area contributed by atoms with Crippen LogP contribution in [0.3, 0.4) is 0 Å². The average molecular weight is 319 g/mol. The smallest absolute Gasteiger partial charge is 0.245 e.